The number of ether oxygens (including phenoxy) is 1. The first-order chi connectivity index (χ1) is 13.5. The van der Waals surface area contributed by atoms with Crippen LogP contribution in [-0.2, 0) is 13.2 Å². The van der Waals surface area contributed by atoms with Crippen LogP contribution >= 0.6 is 0 Å². The Bertz CT molecular complexity index is 990. The van der Waals surface area contributed by atoms with E-state index >= 15 is 0 Å². The number of carbonyl (C=O) groups is 2. The van der Waals surface area contributed by atoms with Gasteiger partial charge in [-0.3, -0.25) is 14.3 Å². The van der Waals surface area contributed by atoms with Gasteiger partial charge in [-0.2, -0.15) is 5.10 Å². The molecule has 0 saturated carbocycles. The molecule has 3 aromatic rings. The van der Waals surface area contributed by atoms with Crippen LogP contribution in [0.25, 0.3) is 0 Å². The van der Waals surface area contributed by atoms with E-state index in [0.29, 0.717) is 18.0 Å². The van der Waals surface area contributed by atoms with Gasteiger partial charge in [0.25, 0.3) is 11.8 Å². The van der Waals surface area contributed by atoms with E-state index in [9.17, 15) is 9.59 Å². The number of aromatic nitrogens is 2. The molecule has 0 aliphatic carbocycles. The van der Waals surface area contributed by atoms with Crippen molar-refractivity contribution in [2.24, 2.45) is 0 Å². The fourth-order valence-corrected chi connectivity index (χ4v) is 2.58. The molecule has 3 rings (SSSR count). The highest BCUT2D eigenvalue weighted by Gasteiger charge is 2.19. The van der Waals surface area contributed by atoms with Gasteiger partial charge in [0, 0.05) is 19.8 Å². The van der Waals surface area contributed by atoms with Gasteiger partial charge in [0.15, 0.2) is 11.5 Å². The molecule has 2 aromatic heterocycles. The first kappa shape index (κ1) is 19.2. The zero-order valence-electron chi connectivity index (χ0n) is 16.0. The fourth-order valence-electron chi connectivity index (χ4n) is 2.58. The first-order valence-corrected chi connectivity index (χ1v) is 8.89. The summed E-state index contributed by atoms with van der Waals surface area (Å²) in [6, 6.07) is 10.9. The van der Waals surface area contributed by atoms with Crippen LogP contribution in [0.3, 0.4) is 0 Å². The molecule has 0 fully saturated rings. The maximum atomic E-state index is 12.5. The van der Waals surface area contributed by atoms with E-state index in [1.807, 2.05) is 38.1 Å². The lowest BCUT2D eigenvalue weighted by molar-refractivity contribution is 0.0958. The molecule has 8 heteroatoms. The van der Waals surface area contributed by atoms with Crippen LogP contribution in [0.4, 0.5) is 5.69 Å². The third-order valence-electron chi connectivity index (χ3n) is 4.03. The number of furan rings is 1. The van der Waals surface area contributed by atoms with Crippen LogP contribution in [-0.4, -0.2) is 28.6 Å². The Morgan fingerprint density at radius 2 is 2.04 bits per heavy atom. The predicted octanol–water partition coefficient (Wildman–Crippen LogP) is 3.00. The van der Waals surface area contributed by atoms with Crippen molar-refractivity contribution in [2.75, 3.05) is 12.4 Å². The molecular weight excluding hydrogens is 360 g/mol. The summed E-state index contributed by atoms with van der Waals surface area (Å²) in [7, 11) is 1.51. The van der Waals surface area contributed by atoms with Crippen molar-refractivity contribution in [1.82, 2.24) is 15.1 Å². The van der Waals surface area contributed by atoms with Crippen LogP contribution in [0.1, 0.15) is 39.3 Å². The van der Waals surface area contributed by atoms with Crippen molar-refractivity contribution in [3.63, 3.8) is 0 Å². The van der Waals surface area contributed by atoms with E-state index in [1.165, 1.54) is 7.05 Å². The number of nitrogens with one attached hydrogen (secondary N) is 2. The predicted molar refractivity (Wildman–Crippen MR) is 103 cm³/mol. The minimum atomic E-state index is -0.470. The Morgan fingerprint density at radius 1 is 1.21 bits per heavy atom. The van der Waals surface area contributed by atoms with Crippen LogP contribution in [0, 0.1) is 6.92 Å². The first-order valence-electron chi connectivity index (χ1n) is 8.89. The number of anilines is 1. The van der Waals surface area contributed by atoms with E-state index in [-0.39, 0.29) is 24.0 Å². The van der Waals surface area contributed by atoms with Crippen LogP contribution < -0.4 is 15.4 Å². The summed E-state index contributed by atoms with van der Waals surface area (Å²) in [6.07, 6.45) is 1.60. The van der Waals surface area contributed by atoms with E-state index in [2.05, 4.69) is 15.7 Å². The highest BCUT2D eigenvalue weighted by atomic mass is 16.5. The van der Waals surface area contributed by atoms with Crippen molar-refractivity contribution >= 4 is 17.5 Å². The van der Waals surface area contributed by atoms with E-state index in [4.69, 9.17) is 9.15 Å². The quantitative estimate of drug-likeness (QED) is 0.655. The summed E-state index contributed by atoms with van der Waals surface area (Å²) >= 11 is 0. The SMILES string of the molecule is CCn1cc(NC(=O)c2ccc(COc3cccc(C)c3)o2)c(C(=O)NC)n1. The minimum Gasteiger partial charge on any atom is -0.486 e. The molecule has 2 N–H and O–H groups in total. The molecule has 0 aliphatic rings. The summed E-state index contributed by atoms with van der Waals surface area (Å²) in [4.78, 5) is 24.4. The molecule has 146 valence electrons. The van der Waals surface area contributed by atoms with Gasteiger partial charge >= 0.3 is 0 Å². The number of benzene rings is 1. The summed E-state index contributed by atoms with van der Waals surface area (Å²) in [5.74, 6) is 0.513. The number of aryl methyl sites for hydroxylation is 2. The maximum Gasteiger partial charge on any atom is 0.291 e. The van der Waals surface area contributed by atoms with E-state index in [0.717, 1.165) is 11.3 Å². The highest BCUT2D eigenvalue weighted by molar-refractivity contribution is 6.06. The van der Waals surface area contributed by atoms with E-state index in [1.54, 1.807) is 23.0 Å². The van der Waals surface area contributed by atoms with Crippen LogP contribution in [0.5, 0.6) is 5.75 Å². The Balaban J connectivity index is 1.67. The lowest BCUT2D eigenvalue weighted by Gasteiger charge is -2.05. The minimum absolute atomic E-state index is 0.120. The number of hydrogen-bond acceptors (Lipinski definition) is 5. The number of hydrogen-bond donors (Lipinski definition) is 2. The average molecular weight is 382 g/mol. The van der Waals surface area contributed by atoms with Gasteiger partial charge in [-0.15, -0.1) is 0 Å². The topological polar surface area (TPSA) is 98.4 Å². The van der Waals surface area contributed by atoms with Gasteiger partial charge in [-0.25, -0.2) is 0 Å². The van der Waals surface area contributed by atoms with Crippen LogP contribution in [0.2, 0.25) is 0 Å². The molecule has 0 unspecified atom stereocenters. The second kappa shape index (κ2) is 8.43. The summed E-state index contributed by atoms with van der Waals surface area (Å²) < 4.78 is 12.8. The maximum absolute atomic E-state index is 12.5. The Labute approximate surface area is 162 Å². The third-order valence-corrected chi connectivity index (χ3v) is 4.03. The molecule has 2 amide bonds. The Kier molecular flexibility index (Phi) is 5.78. The van der Waals surface area contributed by atoms with Gasteiger partial charge in [-0.05, 0) is 43.7 Å². The molecule has 0 radical (unpaired) electrons. The number of rotatable bonds is 7. The van der Waals surface area contributed by atoms with Gasteiger partial charge < -0.3 is 19.8 Å². The molecule has 0 saturated heterocycles. The van der Waals surface area contributed by atoms with Crippen molar-refractivity contribution in [3.8, 4) is 5.75 Å². The van der Waals surface area contributed by atoms with Crippen molar-refractivity contribution in [3.05, 3.63) is 65.4 Å². The lowest BCUT2D eigenvalue weighted by Crippen LogP contribution is -2.21. The van der Waals surface area contributed by atoms with Crippen molar-refractivity contribution in [2.45, 2.75) is 27.0 Å². The molecule has 0 bridgehead atoms. The van der Waals surface area contributed by atoms with Gasteiger partial charge in [0.1, 0.15) is 18.1 Å². The number of amides is 2. The largest absolute Gasteiger partial charge is 0.486 e. The monoisotopic (exact) mass is 382 g/mol. The fraction of sp³-hybridized carbons (Fsp3) is 0.250. The van der Waals surface area contributed by atoms with Gasteiger partial charge in [0.2, 0.25) is 0 Å². The smallest absolute Gasteiger partial charge is 0.291 e. The molecule has 2 heterocycles. The normalized spacial score (nSPS) is 10.5. The lowest BCUT2D eigenvalue weighted by atomic mass is 10.2. The Morgan fingerprint density at radius 3 is 2.75 bits per heavy atom. The average Bonchev–Trinajstić information content (AvgIpc) is 3.33. The summed E-state index contributed by atoms with van der Waals surface area (Å²) in [5, 5.41) is 9.34. The zero-order valence-corrected chi connectivity index (χ0v) is 16.0. The highest BCUT2D eigenvalue weighted by Crippen LogP contribution is 2.18. The summed E-state index contributed by atoms with van der Waals surface area (Å²) in [5.41, 5.74) is 1.56. The molecule has 0 aliphatic heterocycles. The van der Waals surface area contributed by atoms with Crippen molar-refractivity contribution < 1.29 is 18.7 Å². The Hall–Kier alpha value is -3.55. The molecule has 1 aromatic carbocycles. The van der Waals surface area contributed by atoms with E-state index < -0.39 is 5.91 Å². The number of nitrogens with zero attached hydrogens (tertiary/aromatic N) is 2. The van der Waals surface area contributed by atoms with Crippen LogP contribution in [0.15, 0.2) is 47.0 Å². The second-order valence-electron chi connectivity index (χ2n) is 6.15. The molecule has 0 spiro atoms. The second-order valence-corrected chi connectivity index (χ2v) is 6.15. The standard InChI is InChI=1S/C20H22N4O4/c1-4-24-11-16(18(23-24)20(26)21-3)22-19(25)17-9-8-15(28-17)12-27-14-7-5-6-13(2)10-14/h5-11H,4,12H2,1-3H3,(H,21,26)(H,22,25). The van der Waals surface area contributed by atoms with Gasteiger partial charge in [-0.1, -0.05) is 12.1 Å². The zero-order chi connectivity index (χ0) is 20.1. The van der Waals surface area contributed by atoms with Crippen molar-refractivity contribution in [1.29, 1.82) is 0 Å². The molecule has 8 nitrogen and oxygen atoms in total. The third kappa shape index (κ3) is 4.40. The number of carbonyl (C=O) groups excluding carboxylic acids is 2. The van der Waals surface area contributed by atoms with Gasteiger partial charge in [0.05, 0.1) is 5.69 Å². The summed E-state index contributed by atoms with van der Waals surface area (Å²) in [6.45, 7) is 4.64. The molecule has 28 heavy (non-hydrogen) atoms. The molecule has 0 atom stereocenters. The molecular formula is C20H22N4O4.